The van der Waals surface area contributed by atoms with Gasteiger partial charge in [-0.3, -0.25) is 14.8 Å². The third kappa shape index (κ3) is 3.83. The molecule has 2 heterocycles. The van der Waals surface area contributed by atoms with Crippen molar-refractivity contribution in [1.29, 1.82) is 0 Å². The van der Waals surface area contributed by atoms with Crippen molar-refractivity contribution < 1.29 is 9.18 Å². The molecular formula is C26H29FN4O. The first-order chi connectivity index (χ1) is 15.5. The van der Waals surface area contributed by atoms with E-state index in [1.807, 2.05) is 24.4 Å². The second-order valence-corrected chi connectivity index (χ2v) is 9.20. The van der Waals surface area contributed by atoms with Gasteiger partial charge in [0.2, 0.25) is 0 Å². The van der Waals surface area contributed by atoms with Crippen molar-refractivity contribution in [3.05, 3.63) is 65.6 Å². The number of carbonyl (C=O) groups excluding carboxylic acids is 1. The Bertz CT molecular complexity index is 1130. The minimum Gasteiger partial charge on any atom is -0.365 e. The molecule has 166 valence electrons. The Labute approximate surface area is 187 Å². The molecule has 3 atom stereocenters. The molecule has 1 aromatic carbocycles. The van der Waals surface area contributed by atoms with Gasteiger partial charge < -0.3 is 10.6 Å². The Morgan fingerprint density at radius 2 is 2.03 bits per heavy atom. The Hall–Kier alpha value is -3.02. The van der Waals surface area contributed by atoms with Gasteiger partial charge in [-0.05, 0) is 73.4 Å². The van der Waals surface area contributed by atoms with Crippen molar-refractivity contribution in [3.63, 3.8) is 0 Å². The maximum Gasteiger partial charge on any atom is 0.250 e. The fraction of sp³-hybridized carbons (Fsp3) is 0.423. The van der Waals surface area contributed by atoms with Crippen LogP contribution < -0.4 is 10.6 Å². The summed E-state index contributed by atoms with van der Waals surface area (Å²) in [6.07, 6.45) is 12.1. The van der Waals surface area contributed by atoms with Crippen molar-refractivity contribution in [1.82, 2.24) is 15.6 Å². The lowest BCUT2D eigenvalue weighted by Gasteiger charge is -2.33. The van der Waals surface area contributed by atoms with E-state index in [-0.39, 0.29) is 23.8 Å². The number of benzene rings is 1. The second-order valence-electron chi connectivity index (χ2n) is 9.20. The van der Waals surface area contributed by atoms with Crippen molar-refractivity contribution in [2.75, 3.05) is 7.05 Å². The van der Waals surface area contributed by atoms with E-state index >= 15 is 0 Å². The van der Waals surface area contributed by atoms with Gasteiger partial charge in [0, 0.05) is 30.1 Å². The van der Waals surface area contributed by atoms with E-state index in [2.05, 4.69) is 28.6 Å². The highest BCUT2D eigenvalue weighted by atomic mass is 19.1. The van der Waals surface area contributed by atoms with E-state index in [9.17, 15) is 9.18 Å². The average Bonchev–Trinajstić information content (AvgIpc) is 3.26. The quantitative estimate of drug-likeness (QED) is 0.759. The molecule has 1 saturated carbocycles. The van der Waals surface area contributed by atoms with E-state index in [0.29, 0.717) is 23.3 Å². The largest absolute Gasteiger partial charge is 0.365 e. The van der Waals surface area contributed by atoms with Gasteiger partial charge in [-0.15, -0.1) is 0 Å². The minimum atomic E-state index is -0.205. The summed E-state index contributed by atoms with van der Waals surface area (Å²) in [6, 6.07) is 7.05. The maximum atomic E-state index is 13.9. The van der Waals surface area contributed by atoms with Gasteiger partial charge in [0.1, 0.15) is 11.7 Å². The number of aromatic nitrogens is 1. The summed E-state index contributed by atoms with van der Waals surface area (Å²) < 4.78 is 13.9. The van der Waals surface area contributed by atoms with Crippen LogP contribution in [0, 0.1) is 17.7 Å². The van der Waals surface area contributed by atoms with Crippen LogP contribution in [-0.4, -0.2) is 35.9 Å². The number of halogens is 1. The number of amidine groups is 1. The Balaban J connectivity index is 1.26. The van der Waals surface area contributed by atoms with Gasteiger partial charge in [-0.1, -0.05) is 19.1 Å². The number of pyridine rings is 1. The van der Waals surface area contributed by atoms with Gasteiger partial charge in [-0.2, -0.15) is 0 Å². The Kier molecular flexibility index (Phi) is 5.53. The van der Waals surface area contributed by atoms with Crippen molar-refractivity contribution in [2.45, 2.75) is 50.6 Å². The first kappa shape index (κ1) is 20.9. The fourth-order valence-electron chi connectivity index (χ4n) is 5.48. The number of nitrogens with one attached hydrogen (secondary N) is 2. The predicted octanol–water partition coefficient (Wildman–Crippen LogP) is 4.26. The lowest BCUT2D eigenvalue weighted by atomic mass is 9.73. The van der Waals surface area contributed by atoms with Crippen LogP contribution in [0.15, 0.2) is 59.3 Å². The molecule has 2 N–H and O–H groups in total. The van der Waals surface area contributed by atoms with Crippen LogP contribution in [0.5, 0.6) is 0 Å². The van der Waals surface area contributed by atoms with Crippen LogP contribution in [0.3, 0.4) is 0 Å². The Morgan fingerprint density at radius 3 is 2.81 bits per heavy atom. The molecule has 5 rings (SSSR count). The number of likely N-dealkylation sites (N-methyl/N-ethyl adjacent to an activating group) is 1. The van der Waals surface area contributed by atoms with Crippen molar-refractivity contribution in [3.8, 4) is 0 Å². The summed E-state index contributed by atoms with van der Waals surface area (Å²) in [4.78, 5) is 21.3. The summed E-state index contributed by atoms with van der Waals surface area (Å²) >= 11 is 0. The van der Waals surface area contributed by atoms with E-state index < -0.39 is 0 Å². The van der Waals surface area contributed by atoms with Crippen LogP contribution in [0.1, 0.15) is 44.1 Å². The predicted molar refractivity (Wildman–Crippen MR) is 125 cm³/mol. The second kappa shape index (κ2) is 8.49. The lowest BCUT2D eigenvalue weighted by molar-refractivity contribution is -0.116. The number of hydrogen-bond acceptors (Lipinski definition) is 4. The van der Waals surface area contributed by atoms with Crippen LogP contribution in [0.25, 0.3) is 10.9 Å². The molecular weight excluding hydrogens is 403 g/mol. The zero-order chi connectivity index (χ0) is 22.2. The number of amides is 1. The number of carbonyl (C=O) groups is 1. The summed E-state index contributed by atoms with van der Waals surface area (Å²) in [5, 5.41) is 7.20. The molecule has 2 aliphatic carbocycles. The smallest absolute Gasteiger partial charge is 0.250 e. The molecule has 5 nitrogen and oxygen atoms in total. The number of aliphatic imine (C=N–C) groups is 1. The number of rotatable bonds is 4. The molecule has 0 radical (unpaired) electrons. The van der Waals surface area contributed by atoms with E-state index in [0.717, 1.165) is 42.4 Å². The summed E-state index contributed by atoms with van der Waals surface area (Å²) in [6.45, 7) is 2.26. The summed E-state index contributed by atoms with van der Waals surface area (Å²) in [7, 11) is 1.65. The summed E-state index contributed by atoms with van der Waals surface area (Å²) in [5.74, 6) is 2.13. The van der Waals surface area contributed by atoms with E-state index in [1.165, 1.54) is 11.6 Å². The van der Waals surface area contributed by atoms with E-state index in [1.54, 1.807) is 19.2 Å². The normalized spacial score (nSPS) is 27.8. The zero-order valence-electron chi connectivity index (χ0n) is 18.5. The molecule has 6 heteroatoms. The van der Waals surface area contributed by atoms with Gasteiger partial charge in [0.25, 0.3) is 5.91 Å². The number of nitrogens with zero attached hydrogens (tertiary/aromatic N) is 2. The first-order valence-corrected chi connectivity index (χ1v) is 11.5. The standard InChI is InChI=1S/C26H29FN4O/c1-15(25-30-23-9-7-18(26(32)28-2)13-24(23)31-25)16-3-5-17(6-4-16)20-11-12-29-22-10-8-19(27)14-21(20)22/h7-17,23-24H,3-6H2,1-2H3,(H,28,32)(H,30,31)/t15?,16-,17+,23?,24?. The van der Waals surface area contributed by atoms with Crippen molar-refractivity contribution in [2.24, 2.45) is 16.8 Å². The molecule has 32 heavy (non-hydrogen) atoms. The SMILES string of the molecule is CNC(=O)C1=CC2N=C(C(C)[C@H]3CC[C@@H](c4ccnc5ccc(F)cc54)CC3)NC2C=C1. The molecule has 2 aromatic rings. The van der Waals surface area contributed by atoms with Crippen molar-refractivity contribution >= 4 is 22.6 Å². The Morgan fingerprint density at radius 1 is 1.22 bits per heavy atom. The first-order valence-electron chi connectivity index (χ1n) is 11.5. The molecule has 0 saturated heterocycles. The molecule has 1 aromatic heterocycles. The number of fused-ring (bicyclic) bond motifs is 2. The van der Waals surface area contributed by atoms with Gasteiger partial charge in [-0.25, -0.2) is 4.39 Å². The van der Waals surface area contributed by atoms with Gasteiger partial charge >= 0.3 is 0 Å². The van der Waals surface area contributed by atoms with Gasteiger partial charge in [0.05, 0.1) is 17.6 Å². The molecule has 1 aliphatic heterocycles. The van der Waals surface area contributed by atoms with Crippen LogP contribution in [0.2, 0.25) is 0 Å². The average molecular weight is 433 g/mol. The number of hydrogen-bond donors (Lipinski definition) is 2. The molecule has 1 amide bonds. The van der Waals surface area contributed by atoms with Gasteiger partial charge in [0.15, 0.2) is 0 Å². The van der Waals surface area contributed by atoms with Crippen LogP contribution in [0.4, 0.5) is 4.39 Å². The molecule has 0 bridgehead atoms. The highest BCUT2D eigenvalue weighted by Gasteiger charge is 2.35. The highest BCUT2D eigenvalue weighted by Crippen LogP contribution is 2.41. The fourth-order valence-corrected chi connectivity index (χ4v) is 5.48. The van der Waals surface area contributed by atoms with Crippen LogP contribution in [-0.2, 0) is 4.79 Å². The zero-order valence-corrected chi connectivity index (χ0v) is 18.5. The highest BCUT2D eigenvalue weighted by molar-refractivity contribution is 5.97. The maximum absolute atomic E-state index is 13.9. The molecule has 0 spiro atoms. The molecule has 3 unspecified atom stereocenters. The van der Waals surface area contributed by atoms with E-state index in [4.69, 9.17) is 4.99 Å². The van der Waals surface area contributed by atoms with Crippen LogP contribution >= 0.6 is 0 Å². The molecule has 1 fully saturated rings. The minimum absolute atomic E-state index is 0.0147. The third-order valence-corrected chi connectivity index (χ3v) is 7.38. The third-order valence-electron chi connectivity index (χ3n) is 7.38. The lowest BCUT2D eigenvalue weighted by Crippen LogP contribution is -2.38. The molecule has 3 aliphatic rings. The summed E-state index contributed by atoms with van der Waals surface area (Å²) in [5.41, 5.74) is 2.76. The monoisotopic (exact) mass is 432 g/mol. The topological polar surface area (TPSA) is 66.4 Å².